The van der Waals surface area contributed by atoms with E-state index >= 15 is 0 Å². The van der Waals surface area contributed by atoms with Crippen LogP contribution < -0.4 is 10.9 Å². The monoisotopic (exact) mass is 405 g/mol. The first-order valence-electron chi connectivity index (χ1n) is 9.73. The second-order valence-electron chi connectivity index (χ2n) is 6.97. The minimum Gasteiger partial charge on any atom is -0.267 e. The number of carbonyl (C=O) groups excluding carboxylic acids is 2. The van der Waals surface area contributed by atoms with Gasteiger partial charge in [0.1, 0.15) is 0 Å². The van der Waals surface area contributed by atoms with Crippen molar-refractivity contribution in [2.24, 2.45) is 0 Å². The Labute approximate surface area is 180 Å². The van der Waals surface area contributed by atoms with Gasteiger partial charge in [0.25, 0.3) is 11.8 Å². The summed E-state index contributed by atoms with van der Waals surface area (Å²) in [5, 5.41) is 1.02. The van der Waals surface area contributed by atoms with Gasteiger partial charge in [-0.05, 0) is 48.9 Å². The topological polar surface area (TPSA) is 71.1 Å². The number of hydrazine groups is 1. The van der Waals surface area contributed by atoms with E-state index in [1.54, 1.807) is 42.6 Å². The molecule has 0 aliphatic rings. The average molecular weight is 405 g/mol. The molecular weight excluding hydrogens is 386 g/mol. The van der Waals surface area contributed by atoms with E-state index in [0.29, 0.717) is 11.1 Å². The maximum Gasteiger partial charge on any atom is 0.269 e. The molecule has 0 atom stereocenters. The zero-order valence-corrected chi connectivity index (χ0v) is 16.8. The number of fused-ring (bicyclic) bond motifs is 1. The van der Waals surface area contributed by atoms with Gasteiger partial charge in [0.15, 0.2) is 0 Å². The Bertz CT molecular complexity index is 1340. The van der Waals surface area contributed by atoms with Gasteiger partial charge in [0.2, 0.25) is 0 Å². The summed E-state index contributed by atoms with van der Waals surface area (Å²) >= 11 is 0. The van der Waals surface area contributed by atoms with Crippen molar-refractivity contribution >= 4 is 22.7 Å². The molecule has 0 fully saturated rings. The van der Waals surface area contributed by atoms with Gasteiger partial charge in [-0.15, -0.1) is 0 Å². The summed E-state index contributed by atoms with van der Waals surface area (Å²) in [7, 11) is 0. The fourth-order valence-electron chi connectivity index (χ4n) is 3.02. The van der Waals surface area contributed by atoms with Crippen molar-refractivity contribution in [1.82, 2.24) is 15.8 Å². The first-order chi connectivity index (χ1) is 15.1. The second kappa shape index (κ2) is 8.93. The third-order valence-corrected chi connectivity index (χ3v) is 4.76. The van der Waals surface area contributed by atoms with Crippen LogP contribution >= 0.6 is 0 Å². The highest BCUT2D eigenvalue weighted by Crippen LogP contribution is 2.13. The summed E-state index contributed by atoms with van der Waals surface area (Å²) in [6.45, 7) is 1.93. The van der Waals surface area contributed by atoms with Crippen molar-refractivity contribution in [2.75, 3.05) is 0 Å². The molecule has 5 nitrogen and oxygen atoms in total. The smallest absolute Gasteiger partial charge is 0.267 e. The van der Waals surface area contributed by atoms with Crippen LogP contribution in [0.4, 0.5) is 0 Å². The van der Waals surface area contributed by atoms with Gasteiger partial charge >= 0.3 is 0 Å². The highest BCUT2D eigenvalue weighted by molar-refractivity contribution is 5.99. The number of hydrogen-bond acceptors (Lipinski definition) is 3. The predicted molar refractivity (Wildman–Crippen MR) is 120 cm³/mol. The number of aromatic nitrogens is 1. The van der Waals surface area contributed by atoms with Gasteiger partial charge in [-0.25, -0.2) is 0 Å². The summed E-state index contributed by atoms with van der Waals surface area (Å²) < 4.78 is 0. The Morgan fingerprint density at radius 3 is 2.29 bits per heavy atom. The van der Waals surface area contributed by atoms with Gasteiger partial charge in [0.05, 0.1) is 5.52 Å². The van der Waals surface area contributed by atoms with E-state index in [-0.39, 0.29) is 5.91 Å². The Kier molecular flexibility index (Phi) is 5.72. The normalized spacial score (nSPS) is 10.1. The van der Waals surface area contributed by atoms with Crippen LogP contribution in [-0.4, -0.2) is 16.8 Å². The lowest BCUT2D eigenvalue weighted by Gasteiger charge is -2.08. The fourth-order valence-corrected chi connectivity index (χ4v) is 3.02. The number of benzene rings is 3. The molecule has 0 spiro atoms. The van der Waals surface area contributed by atoms with Crippen LogP contribution in [0.3, 0.4) is 0 Å². The molecule has 0 bridgehead atoms. The second-order valence-corrected chi connectivity index (χ2v) is 6.97. The quantitative estimate of drug-likeness (QED) is 0.391. The fraction of sp³-hybridized carbons (Fsp3) is 0.0385. The molecule has 4 rings (SSSR count). The minimum absolute atomic E-state index is 0.384. The molecule has 2 N–H and O–H groups in total. The van der Waals surface area contributed by atoms with Crippen molar-refractivity contribution < 1.29 is 9.59 Å². The van der Waals surface area contributed by atoms with Crippen molar-refractivity contribution in [3.63, 3.8) is 0 Å². The highest BCUT2D eigenvalue weighted by Gasteiger charge is 2.10. The number of para-hydroxylation sites is 1. The van der Waals surface area contributed by atoms with Crippen LogP contribution in [0.15, 0.2) is 85.1 Å². The van der Waals surface area contributed by atoms with Crippen LogP contribution in [-0.2, 0) is 0 Å². The van der Waals surface area contributed by atoms with E-state index in [4.69, 9.17) is 0 Å². The van der Waals surface area contributed by atoms with Gasteiger partial charge < -0.3 is 0 Å². The van der Waals surface area contributed by atoms with Crippen LogP contribution in [0.5, 0.6) is 0 Å². The summed E-state index contributed by atoms with van der Waals surface area (Å²) in [4.78, 5) is 29.0. The minimum atomic E-state index is -0.417. The van der Waals surface area contributed by atoms with E-state index in [1.165, 1.54) is 0 Å². The lowest BCUT2D eigenvalue weighted by Crippen LogP contribution is -2.41. The number of aryl methyl sites for hydroxylation is 1. The summed E-state index contributed by atoms with van der Waals surface area (Å²) in [6, 6.07) is 23.7. The number of rotatable bonds is 2. The van der Waals surface area contributed by atoms with E-state index in [2.05, 4.69) is 27.7 Å². The SMILES string of the molecule is Cc1ccc(C(=O)NNC(=O)c2ccccc2)cc1C#Cc1cnc2ccccc2c1. The molecule has 3 aromatic carbocycles. The van der Waals surface area contributed by atoms with E-state index in [0.717, 1.165) is 27.6 Å². The summed E-state index contributed by atoms with van der Waals surface area (Å²) in [5.41, 5.74) is 9.12. The molecular formula is C26H19N3O2. The molecule has 0 aliphatic heterocycles. The number of nitrogens with one attached hydrogen (secondary N) is 2. The van der Waals surface area contributed by atoms with Gasteiger partial charge in [-0.1, -0.05) is 54.3 Å². The van der Waals surface area contributed by atoms with E-state index in [9.17, 15) is 9.59 Å². The molecule has 1 heterocycles. The zero-order valence-electron chi connectivity index (χ0n) is 16.8. The third kappa shape index (κ3) is 4.77. The van der Waals surface area contributed by atoms with Gasteiger partial charge in [-0.2, -0.15) is 0 Å². The Morgan fingerprint density at radius 2 is 1.48 bits per heavy atom. The van der Waals surface area contributed by atoms with Crippen molar-refractivity contribution in [3.05, 3.63) is 113 Å². The van der Waals surface area contributed by atoms with Crippen LogP contribution in [0.25, 0.3) is 10.9 Å². The average Bonchev–Trinajstić information content (AvgIpc) is 2.82. The van der Waals surface area contributed by atoms with Gasteiger partial charge in [0, 0.05) is 33.8 Å². The largest absolute Gasteiger partial charge is 0.269 e. The maximum absolute atomic E-state index is 12.5. The number of carbonyl (C=O) groups is 2. The molecule has 2 amide bonds. The zero-order chi connectivity index (χ0) is 21.6. The lowest BCUT2D eigenvalue weighted by atomic mass is 10.0. The highest BCUT2D eigenvalue weighted by atomic mass is 16.2. The third-order valence-electron chi connectivity index (χ3n) is 4.76. The maximum atomic E-state index is 12.5. The number of amides is 2. The Balaban J connectivity index is 1.50. The van der Waals surface area contributed by atoms with Crippen molar-refractivity contribution in [1.29, 1.82) is 0 Å². The molecule has 4 aromatic rings. The van der Waals surface area contributed by atoms with E-state index < -0.39 is 5.91 Å². The Morgan fingerprint density at radius 1 is 0.774 bits per heavy atom. The number of nitrogens with zero attached hydrogens (tertiary/aromatic N) is 1. The van der Waals surface area contributed by atoms with Crippen LogP contribution in [0, 0.1) is 18.8 Å². The van der Waals surface area contributed by atoms with Gasteiger partial charge in [-0.3, -0.25) is 25.4 Å². The molecule has 0 saturated heterocycles. The number of pyridine rings is 1. The molecule has 0 saturated carbocycles. The molecule has 150 valence electrons. The standard InChI is InChI=1S/C26H19N3O2/c1-18-11-13-23(26(31)29-28-25(30)20-7-3-2-4-8-20)16-21(18)14-12-19-15-22-9-5-6-10-24(22)27-17-19/h2-11,13,15-17H,1H3,(H,28,30)(H,29,31). The van der Waals surface area contributed by atoms with Crippen molar-refractivity contribution in [2.45, 2.75) is 6.92 Å². The molecule has 0 radical (unpaired) electrons. The molecule has 0 aliphatic carbocycles. The van der Waals surface area contributed by atoms with E-state index in [1.807, 2.05) is 49.4 Å². The summed E-state index contributed by atoms with van der Waals surface area (Å²) in [5.74, 6) is 5.44. The first kappa shape index (κ1) is 19.9. The molecule has 0 unspecified atom stereocenters. The van der Waals surface area contributed by atoms with Crippen molar-refractivity contribution in [3.8, 4) is 11.8 Å². The Hall–Kier alpha value is -4.43. The van der Waals surface area contributed by atoms with Crippen LogP contribution in [0.1, 0.15) is 37.4 Å². The molecule has 5 heteroatoms. The molecule has 1 aromatic heterocycles. The number of hydrogen-bond donors (Lipinski definition) is 2. The predicted octanol–water partition coefficient (Wildman–Crippen LogP) is 4.02. The molecule has 31 heavy (non-hydrogen) atoms. The lowest BCUT2D eigenvalue weighted by molar-refractivity contribution is 0.0846. The summed E-state index contributed by atoms with van der Waals surface area (Å²) in [6.07, 6.45) is 1.74. The van der Waals surface area contributed by atoms with Crippen LogP contribution in [0.2, 0.25) is 0 Å². The first-order valence-corrected chi connectivity index (χ1v) is 9.73.